The normalized spacial score (nSPS) is 12.5. The standard InChI is InChI=1S/C9H10N2.2ClH/c10-11-6-5-8-3-1-2-4-9(8)7-11;;/h1-6H,7,10H2;2*1H. The van der Waals surface area contributed by atoms with E-state index >= 15 is 0 Å². The first-order valence-electron chi connectivity index (χ1n) is 3.64. The molecule has 0 spiro atoms. The second-order valence-electron chi connectivity index (χ2n) is 2.69. The Morgan fingerprint density at radius 3 is 2.62 bits per heavy atom. The van der Waals surface area contributed by atoms with Crippen molar-refractivity contribution in [3.8, 4) is 0 Å². The first-order chi connectivity index (χ1) is 5.36. The molecular formula is C9H12Cl2N2. The summed E-state index contributed by atoms with van der Waals surface area (Å²) in [4.78, 5) is 0. The second kappa shape index (κ2) is 5.12. The number of fused-ring (bicyclic) bond motifs is 1. The summed E-state index contributed by atoms with van der Waals surface area (Å²) in [5, 5.41) is 1.68. The topological polar surface area (TPSA) is 29.3 Å². The van der Waals surface area contributed by atoms with Crippen LogP contribution in [0.25, 0.3) is 6.08 Å². The van der Waals surface area contributed by atoms with Gasteiger partial charge in [0.1, 0.15) is 0 Å². The van der Waals surface area contributed by atoms with E-state index in [9.17, 15) is 0 Å². The van der Waals surface area contributed by atoms with Gasteiger partial charge in [0.2, 0.25) is 0 Å². The monoisotopic (exact) mass is 218 g/mol. The molecule has 1 aromatic rings. The van der Waals surface area contributed by atoms with Crippen LogP contribution >= 0.6 is 24.8 Å². The summed E-state index contributed by atoms with van der Waals surface area (Å²) < 4.78 is 0. The molecule has 13 heavy (non-hydrogen) atoms. The number of nitrogens with zero attached hydrogens (tertiary/aromatic N) is 1. The van der Waals surface area contributed by atoms with Gasteiger partial charge in [-0.3, -0.25) is 0 Å². The summed E-state index contributed by atoms with van der Waals surface area (Å²) >= 11 is 0. The molecule has 2 rings (SSSR count). The van der Waals surface area contributed by atoms with Crippen molar-refractivity contribution in [3.63, 3.8) is 0 Å². The number of rotatable bonds is 0. The van der Waals surface area contributed by atoms with Crippen LogP contribution in [0.1, 0.15) is 11.1 Å². The molecule has 1 aliphatic heterocycles. The lowest BCUT2D eigenvalue weighted by molar-refractivity contribution is 0.384. The average Bonchev–Trinajstić information content (AvgIpc) is 2.04. The molecule has 0 bridgehead atoms. The molecule has 0 unspecified atom stereocenters. The van der Waals surface area contributed by atoms with Gasteiger partial charge in [0, 0.05) is 6.20 Å². The fourth-order valence-corrected chi connectivity index (χ4v) is 1.27. The Kier molecular flexibility index (Phi) is 4.85. The van der Waals surface area contributed by atoms with E-state index in [1.54, 1.807) is 5.01 Å². The Hall–Kier alpha value is -0.700. The minimum Gasteiger partial charge on any atom is -0.314 e. The van der Waals surface area contributed by atoms with E-state index in [2.05, 4.69) is 12.1 Å². The lowest BCUT2D eigenvalue weighted by Gasteiger charge is -2.19. The fraction of sp³-hybridized carbons (Fsp3) is 0.111. The van der Waals surface area contributed by atoms with Gasteiger partial charge >= 0.3 is 0 Å². The first kappa shape index (κ1) is 12.3. The van der Waals surface area contributed by atoms with Crippen molar-refractivity contribution in [2.24, 2.45) is 5.84 Å². The van der Waals surface area contributed by atoms with Crippen molar-refractivity contribution in [2.75, 3.05) is 0 Å². The Morgan fingerprint density at radius 1 is 1.15 bits per heavy atom. The van der Waals surface area contributed by atoms with Crippen molar-refractivity contribution >= 4 is 30.9 Å². The fourth-order valence-electron chi connectivity index (χ4n) is 1.27. The van der Waals surface area contributed by atoms with Gasteiger partial charge < -0.3 is 5.01 Å². The lowest BCUT2D eigenvalue weighted by Crippen LogP contribution is -2.26. The van der Waals surface area contributed by atoms with Crippen LogP contribution in [-0.2, 0) is 6.54 Å². The Balaban J connectivity index is 0.000000720. The molecule has 0 amide bonds. The predicted octanol–water partition coefficient (Wildman–Crippen LogP) is 2.19. The molecular weight excluding hydrogens is 207 g/mol. The Morgan fingerprint density at radius 2 is 1.85 bits per heavy atom. The number of hydrogen-bond acceptors (Lipinski definition) is 2. The van der Waals surface area contributed by atoms with Gasteiger partial charge in [-0.25, -0.2) is 5.84 Å². The van der Waals surface area contributed by atoms with Crippen LogP contribution < -0.4 is 5.84 Å². The molecule has 1 heterocycles. The van der Waals surface area contributed by atoms with Crippen LogP contribution in [0.2, 0.25) is 0 Å². The van der Waals surface area contributed by atoms with E-state index in [1.165, 1.54) is 11.1 Å². The quantitative estimate of drug-likeness (QED) is 0.677. The first-order valence-corrected chi connectivity index (χ1v) is 3.64. The Bertz CT molecular complexity index is 299. The third-order valence-electron chi connectivity index (χ3n) is 1.85. The summed E-state index contributed by atoms with van der Waals surface area (Å²) in [7, 11) is 0. The van der Waals surface area contributed by atoms with Crippen molar-refractivity contribution < 1.29 is 0 Å². The molecule has 0 aromatic heterocycles. The minimum absolute atomic E-state index is 0. The van der Waals surface area contributed by atoms with Gasteiger partial charge in [0.25, 0.3) is 0 Å². The van der Waals surface area contributed by atoms with Crippen LogP contribution in [0.4, 0.5) is 0 Å². The highest BCUT2D eigenvalue weighted by molar-refractivity contribution is 5.85. The largest absolute Gasteiger partial charge is 0.314 e. The molecule has 0 atom stereocenters. The molecule has 0 saturated heterocycles. The van der Waals surface area contributed by atoms with Crippen LogP contribution in [0.5, 0.6) is 0 Å². The average molecular weight is 219 g/mol. The highest BCUT2D eigenvalue weighted by Gasteiger charge is 2.04. The zero-order valence-electron chi connectivity index (χ0n) is 7.01. The molecule has 1 aliphatic rings. The highest BCUT2D eigenvalue weighted by atomic mass is 35.5. The summed E-state index contributed by atoms with van der Waals surface area (Å²) in [6.07, 6.45) is 3.92. The van der Waals surface area contributed by atoms with E-state index in [0.29, 0.717) is 0 Å². The van der Waals surface area contributed by atoms with E-state index in [4.69, 9.17) is 5.84 Å². The van der Waals surface area contributed by atoms with E-state index < -0.39 is 0 Å². The molecule has 0 fully saturated rings. The zero-order valence-corrected chi connectivity index (χ0v) is 8.65. The zero-order chi connectivity index (χ0) is 7.68. The number of benzene rings is 1. The lowest BCUT2D eigenvalue weighted by atomic mass is 10.1. The number of hydrazine groups is 1. The summed E-state index contributed by atoms with van der Waals surface area (Å²) in [6, 6.07) is 8.26. The Labute approximate surface area is 90.2 Å². The molecule has 72 valence electrons. The van der Waals surface area contributed by atoms with Crippen molar-refractivity contribution in [1.29, 1.82) is 0 Å². The molecule has 1 aromatic carbocycles. The van der Waals surface area contributed by atoms with Gasteiger partial charge in [-0.1, -0.05) is 24.3 Å². The van der Waals surface area contributed by atoms with Gasteiger partial charge in [-0.2, -0.15) is 0 Å². The van der Waals surface area contributed by atoms with Crippen LogP contribution in [0.3, 0.4) is 0 Å². The summed E-state index contributed by atoms with van der Waals surface area (Å²) in [5.41, 5.74) is 2.56. The smallest absolute Gasteiger partial charge is 0.0591 e. The van der Waals surface area contributed by atoms with Crippen molar-refractivity contribution in [1.82, 2.24) is 5.01 Å². The number of halogens is 2. The maximum absolute atomic E-state index is 5.60. The third kappa shape index (κ3) is 2.62. The van der Waals surface area contributed by atoms with Gasteiger partial charge in [0.05, 0.1) is 6.54 Å². The van der Waals surface area contributed by atoms with Crippen LogP contribution in [-0.4, -0.2) is 5.01 Å². The van der Waals surface area contributed by atoms with Gasteiger partial charge in [0.15, 0.2) is 0 Å². The number of nitrogens with two attached hydrogens (primary N) is 1. The van der Waals surface area contributed by atoms with Gasteiger partial charge in [-0.15, -0.1) is 24.8 Å². The molecule has 2 nitrogen and oxygen atoms in total. The second-order valence-corrected chi connectivity index (χ2v) is 2.69. The van der Waals surface area contributed by atoms with E-state index in [1.807, 2.05) is 24.4 Å². The van der Waals surface area contributed by atoms with E-state index in [-0.39, 0.29) is 24.8 Å². The van der Waals surface area contributed by atoms with Crippen LogP contribution in [0, 0.1) is 0 Å². The predicted molar refractivity (Wildman–Crippen MR) is 59.7 cm³/mol. The molecule has 2 N–H and O–H groups in total. The van der Waals surface area contributed by atoms with E-state index in [0.717, 1.165) is 6.54 Å². The third-order valence-corrected chi connectivity index (χ3v) is 1.85. The molecule has 0 radical (unpaired) electrons. The van der Waals surface area contributed by atoms with Crippen molar-refractivity contribution in [3.05, 3.63) is 41.6 Å². The maximum Gasteiger partial charge on any atom is 0.0591 e. The molecule has 0 aliphatic carbocycles. The molecule has 0 saturated carbocycles. The summed E-state index contributed by atoms with van der Waals surface area (Å²) in [5.74, 6) is 5.60. The summed E-state index contributed by atoms with van der Waals surface area (Å²) in [6.45, 7) is 0.812. The minimum atomic E-state index is 0. The van der Waals surface area contributed by atoms with Gasteiger partial charge in [-0.05, 0) is 17.2 Å². The van der Waals surface area contributed by atoms with Crippen molar-refractivity contribution in [2.45, 2.75) is 6.54 Å². The highest BCUT2D eigenvalue weighted by Crippen LogP contribution is 2.16. The van der Waals surface area contributed by atoms with Crippen LogP contribution in [0.15, 0.2) is 30.5 Å². The maximum atomic E-state index is 5.60. The number of hydrogen-bond donors (Lipinski definition) is 1. The SMILES string of the molecule is Cl.Cl.NN1C=Cc2ccccc2C1. The molecule has 4 heteroatoms.